The zero-order valence-electron chi connectivity index (χ0n) is 8.93. The van der Waals surface area contributed by atoms with E-state index in [0.717, 1.165) is 42.7 Å². The number of rotatable bonds is 2. The van der Waals surface area contributed by atoms with Gasteiger partial charge < -0.3 is 5.21 Å². The summed E-state index contributed by atoms with van der Waals surface area (Å²) in [6.45, 7) is 2.81. The van der Waals surface area contributed by atoms with E-state index in [2.05, 4.69) is 37.0 Å². The highest BCUT2D eigenvalue weighted by atomic mass is 79.9. The second kappa shape index (κ2) is 5.41. The van der Waals surface area contributed by atoms with Crippen molar-refractivity contribution in [1.29, 1.82) is 0 Å². The molecule has 0 amide bonds. The second-order valence-electron chi connectivity index (χ2n) is 3.95. The number of likely N-dealkylation sites (tertiary alicyclic amines) is 1. The molecule has 4 nitrogen and oxygen atoms in total. The number of hydrogen-bond donors (Lipinski definition) is 1. The maximum Gasteiger partial charge on any atom is 0.0596 e. The molecule has 5 heteroatoms. The van der Waals surface area contributed by atoms with Crippen LogP contribution in [0, 0.1) is 0 Å². The van der Waals surface area contributed by atoms with Gasteiger partial charge in [0.15, 0.2) is 0 Å². The van der Waals surface area contributed by atoms with Crippen LogP contribution in [0.4, 0.5) is 0 Å². The van der Waals surface area contributed by atoms with E-state index in [1.54, 1.807) is 6.20 Å². The minimum Gasteiger partial charge on any atom is -0.411 e. The smallest absolute Gasteiger partial charge is 0.0596 e. The molecule has 2 heterocycles. The van der Waals surface area contributed by atoms with Crippen molar-refractivity contribution in [1.82, 2.24) is 9.88 Å². The first-order valence-corrected chi connectivity index (χ1v) is 6.09. The summed E-state index contributed by atoms with van der Waals surface area (Å²) in [5, 5.41) is 11.9. The van der Waals surface area contributed by atoms with Crippen LogP contribution in [-0.4, -0.2) is 33.9 Å². The fourth-order valence-corrected chi connectivity index (χ4v) is 2.28. The third kappa shape index (κ3) is 3.02. The van der Waals surface area contributed by atoms with Gasteiger partial charge in [-0.2, -0.15) is 0 Å². The van der Waals surface area contributed by atoms with Crippen LogP contribution in [0.2, 0.25) is 0 Å². The largest absolute Gasteiger partial charge is 0.411 e. The summed E-state index contributed by atoms with van der Waals surface area (Å²) in [4.78, 5) is 6.49. The summed E-state index contributed by atoms with van der Waals surface area (Å²) in [6, 6.07) is 2.09. The average molecular weight is 284 g/mol. The van der Waals surface area contributed by atoms with Gasteiger partial charge in [0.2, 0.25) is 0 Å². The minimum atomic E-state index is 0.859. The highest BCUT2D eigenvalue weighted by Gasteiger charge is 2.15. The van der Waals surface area contributed by atoms with Crippen LogP contribution in [0.25, 0.3) is 0 Å². The minimum absolute atomic E-state index is 0.859. The predicted molar refractivity (Wildman–Crippen MR) is 65.7 cm³/mol. The maximum absolute atomic E-state index is 8.66. The topological polar surface area (TPSA) is 48.7 Å². The summed E-state index contributed by atoms with van der Waals surface area (Å²) in [5.41, 5.74) is 2.11. The Morgan fingerprint density at radius 3 is 2.75 bits per heavy atom. The maximum atomic E-state index is 8.66. The molecule has 1 aromatic rings. The van der Waals surface area contributed by atoms with Gasteiger partial charge in [-0.1, -0.05) is 5.16 Å². The van der Waals surface area contributed by atoms with E-state index < -0.39 is 0 Å². The Kier molecular flexibility index (Phi) is 3.90. The summed E-state index contributed by atoms with van der Waals surface area (Å²) < 4.78 is 1.01. The quantitative estimate of drug-likeness (QED) is 0.669. The van der Waals surface area contributed by atoms with Gasteiger partial charge in [-0.25, -0.2) is 0 Å². The molecule has 0 saturated carbocycles. The van der Waals surface area contributed by atoms with Crippen LogP contribution >= 0.6 is 15.9 Å². The molecule has 0 radical (unpaired) electrons. The molecule has 86 valence electrons. The molecule has 1 aliphatic heterocycles. The zero-order chi connectivity index (χ0) is 11.4. The van der Waals surface area contributed by atoms with Gasteiger partial charge in [0.25, 0.3) is 0 Å². The van der Waals surface area contributed by atoms with Crippen LogP contribution < -0.4 is 0 Å². The van der Waals surface area contributed by atoms with E-state index in [1.807, 2.05) is 6.20 Å². The molecule has 0 unspecified atom stereocenters. The monoisotopic (exact) mass is 283 g/mol. The number of halogens is 1. The number of aromatic nitrogens is 1. The number of nitrogens with zero attached hydrogens (tertiary/aromatic N) is 3. The van der Waals surface area contributed by atoms with Crippen molar-refractivity contribution in [3.63, 3.8) is 0 Å². The molecule has 16 heavy (non-hydrogen) atoms. The second-order valence-corrected chi connectivity index (χ2v) is 4.87. The molecule has 0 spiro atoms. The number of piperidine rings is 1. The molecule has 1 N–H and O–H groups in total. The Morgan fingerprint density at radius 1 is 1.38 bits per heavy atom. The molecule has 1 aliphatic rings. The summed E-state index contributed by atoms with van der Waals surface area (Å²) in [6.07, 6.45) is 5.40. The Bertz CT molecular complexity index is 385. The zero-order valence-corrected chi connectivity index (χ0v) is 10.5. The lowest BCUT2D eigenvalue weighted by atomic mass is 10.1. The van der Waals surface area contributed by atoms with Gasteiger partial charge in [-0.15, -0.1) is 0 Å². The van der Waals surface area contributed by atoms with Crippen LogP contribution in [0.15, 0.2) is 28.1 Å². The highest BCUT2D eigenvalue weighted by molar-refractivity contribution is 9.10. The third-order valence-corrected chi connectivity index (χ3v) is 3.18. The van der Waals surface area contributed by atoms with Crippen LogP contribution in [0.5, 0.6) is 0 Å². The van der Waals surface area contributed by atoms with E-state index >= 15 is 0 Å². The fourth-order valence-electron chi connectivity index (χ4n) is 1.87. The van der Waals surface area contributed by atoms with Crippen LogP contribution in [-0.2, 0) is 6.54 Å². The van der Waals surface area contributed by atoms with Crippen molar-refractivity contribution >= 4 is 21.6 Å². The van der Waals surface area contributed by atoms with E-state index in [-0.39, 0.29) is 0 Å². The lowest BCUT2D eigenvalue weighted by molar-refractivity contribution is 0.256. The van der Waals surface area contributed by atoms with Crippen LogP contribution in [0.3, 0.4) is 0 Å². The first-order chi connectivity index (χ1) is 7.78. The van der Waals surface area contributed by atoms with Gasteiger partial charge in [-0.05, 0) is 27.6 Å². The van der Waals surface area contributed by atoms with Gasteiger partial charge in [0.1, 0.15) is 0 Å². The van der Waals surface area contributed by atoms with Gasteiger partial charge in [0, 0.05) is 49.3 Å². The normalized spacial score (nSPS) is 17.4. The third-order valence-electron chi connectivity index (χ3n) is 2.74. The molecule has 0 aromatic carbocycles. The highest BCUT2D eigenvalue weighted by Crippen LogP contribution is 2.14. The Morgan fingerprint density at radius 2 is 2.12 bits per heavy atom. The van der Waals surface area contributed by atoms with Crippen molar-refractivity contribution in [2.24, 2.45) is 5.16 Å². The Hall–Kier alpha value is -0.940. The van der Waals surface area contributed by atoms with Crippen molar-refractivity contribution in [3.05, 3.63) is 28.5 Å². The SMILES string of the molecule is ON=C1CCN(Cc2cncc(Br)c2)CC1. The summed E-state index contributed by atoms with van der Waals surface area (Å²) in [5.74, 6) is 0. The average Bonchev–Trinajstić information content (AvgIpc) is 2.30. The first kappa shape index (κ1) is 11.5. The van der Waals surface area contributed by atoms with Crippen molar-refractivity contribution in [3.8, 4) is 0 Å². The van der Waals surface area contributed by atoms with E-state index in [9.17, 15) is 0 Å². The summed E-state index contributed by atoms with van der Waals surface area (Å²) >= 11 is 3.41. The van der Waals surface area contributed by atoms with Crippen molar-refractivity contribution < 1.29 is 5.21 Å². The number of pyridine rings is 1. The molecular formula is C11H14BrN3O. The van der Waals surface area contributed by atoms with Gasteiger partial charge >= 0.3 is 0 Å². The van der Waals surface area contributed by atoms with E-state index in [1.165, 1.54) is 5.56 Å². The Labute approximate surface area is 103 Å². The molecule has 0 aliphatic carbocycles. The fraction of sp³-hybridized carbons (Fsp3) is 0.455. The lowest BCUT2D eigenvalue weighted by Crippen LogP contribution is -2.33. The Balaban J connectivity index is 1.92. The van der Waals surface area contributed by atoms with E-state index in [0.29, 0.717) is 0 Å². The van der Waals surface area contributed by atoms with Crippen molar-refractivity contribution in [2.45, 2.75) is 19.4 Å². The molecule has 0 atom stereocenters. The molecule has 2 rings (SSSR count). The number of hydrogen-bond acceptors (Lipinski definition) is 4. The summed E-state index contributed by atoms with van der Waals surface area (Å²) in [7, 11) is 0. The van der Waals surface area contributed by atoms with Crippen LogP contribution in [0.1, 0.15) is 18.4 Å². The van der Waals surface area contributed by atoms with Gasteiger partial charge in [-0.3, -0.25) is 9.88 Å². The first-order valence-electron chi connectivity index (χ1n) is 5.29. The standard InChI is InChI=1S/C11H14BrN3O/c12-10-5-9(6-13-7-10)8-15-3-1-11(14-16)2-4-15/h5-7,16H,1-4,8H2. The molecule has 0 bridgehead atoms. The number of oxime groups is 1. The van der Waals surface area contributed by atoms with E-state index in [4.69, 9.17) is 5.21 Å². The molecular weight excluding hydrogens is 270 g/mol. The van der Waals surface area contributed by atoms with Crippen molar-refractivity contribution in [2.75, 3.05) is 13.1 Å². The predicted octanol–water partition coefficient (Wildman–Crippen LogP) is 2.27. The van der Waals surface area contributed by atoms with Gasteiger partial charge in [0.05, 0.1) is 5.71 Å². The molecule has 1 aromatic heterocycles. The lowest BCUT2D eigenvalue weighted by Gasteiger charge is -2.26. The molecule has 1 fully saturated rings. The molecule has 1 saturated heterocycles.